The zero-order valence-electron chi connectivity index (χ0n) is 16.7. The summed E-state index contributed by atoms with van der Waals surface area (Å²) in [4.78, 5) is 29.1. The number of pyridine rings is 1. The highest BCUT2D eigenvalue weighted by Crippen LogP contribution is 2.26. The highest BCUT2D eigenvalue weighted by Gasteiger charge is 2.28. The zero-order chi connectivity index (χ0) is 20.5. The van der Waals surface area contributed by atoms with Crippen LogP contribution in [-0.2, 0) is 4.74 Å². The molecule has 8 heteroatoms. The Bertz CT molecular complexity index is 877. The summed E-state index contributed by atoms with van der Waals surface area (Å²) >= 11 is 0. The van der Waals surface area contributed by atoms with Gasteiger partial charge in [0.2, 0.25) is 0 Å². The van der Waals surface area contributed by atoms with Crippen molar-refractivity contribution in [3.05, 3.63) is 35.9 Å². The average molecular weight is 386 g/mol. The summed E-state index contributed by atoms with van der Waals surface area (Å²) in [6.07, 6.45) is 6.60. The number of aromatic nitrogens is 3. The Balaban J connectivity index is 1.65. The van der Waals surface area contributed by atoms with Gasteiger partial charge in [-0.2, -0.15) is 5.10 Å². The van der Waals surface area contributed by atoms with Crippen LogP contribution in [-0.4, -0.2) is 55.5 Å². The Morgan fingerprint density at radius 2 is 1.86 bits per heavy atom. The number of hydrogen-bond acceptors (Lipinski definition) is 5. The maximum atomic E-state index is 12.2. The van der Waals surface area contributed by atoms with Crippen LogP contribution in [0.25, 0.3) is 11.1 Å². The van der Waals surface area contributed by atoms with Crippen molar-refractivity contribution in [2.24, 2.45) is 0 Å². The number of ether oxygens (including phenoxy) is 1. The number of amides is 1. The first-order valence-electron chi connectivity index (χ1n) is 9.36. The summed E-state index contributed by atoms with van der Waals surface area (Å²) in [6.45, 7) is 8.58. The number of aryl methyl sites for hydroxylation is 1. The summed E-state index contributed by atoms with van der Waals surface area (Å²) in [5.74, 6) is -1.03. The van der Waals surface area contributed by atoms with E-state index in [0.717, 1.165) is 24.0 Å². The number of carbonyl (C=O) groups excluding carboxylic acids is 1. The molecule has 1 aliphatic heterocycles. The molecule has 3 rings (SSSR count). The second kappa shape index (κ2) is 7.61. The highest BCUT2D eigenvalue weighted by atomic mass is 16.6. The molecule has 0 unspecified atom stereocenters. The SMILES string of the molecule is Cc1cc(-c2cnn(C3CCN(C(=O)OC(C)(C)C)CC3)c2)cnc1C(=O)O. The maximum Gasteiger partial charge on any atom is 0.410 e. The number of aromatic carboxylic acids is 1. The highest BCUT2D eigenvalue weighted by molar-refractivity contribution is 5.87. The number of carbonyl (C=O) groups is 2. The molecule has 2 aromatic heterocycles. The first-order chi connectivity index (χ1) is 13.1. The molecule has 0 aromatic carbocycles. The van der Waals surface area contributed by atoms with Gasteiger partial charge in [-0.05, 0) is 52.2 Å². The minimum atomic E-state index is -1.03. The van der Waals surface area contributed by atoms with Gasteiger partial charge in [0.05, 0.1) is 12.2 Å². The van der Waals surface area contributed by atoms with Crippen LogP contribution in [0.15, 0.2) is 24.7 Å². The predicted molar refractivity (Wildman–Crippen MR) is 103 cm³/mol. The van der Waals surface area contributed by atoms with Crippen LogP contribution in [0.1, 0.15) is 55.7 Å². The molecule has 0 spiro atoms. The number of hydrogen-bond donors (Lipinski definition) is 1. The van der Waals surface area contributed by atoms with Crippen molar-refractivity contribution < 1.29 is 19.4 Å². The monoisotopic (exact) mass is 386 g/mol. The number of carboxylic acids is 1. The van der Waals surface area contributed by atoms with Gasteiger partial charge >= 0.3 is 12.1 Å². The third-order valence-corrected chi connectivity index (χ3v) is 4.71. The lowest BCUT2D eigenvalue weighted by Gasteiger charge is -2.33. The van der Waals surface area contributed by atoms with E-state index in [1.807, 2.05) is 37.7 Å². The number of rotatable bonds is 3. The van der Waals surface area contributed by atoms with Crippen molar-refractivity contribution in [3.63, 3.8) is 0 Å². The zero-order valence-corrected chi connectivity index (χ0v) is 16.7. The van der Waals surface area contributed by atoms with Crippen LogP contribution in [0, 0.1) is 6.92 Å². The van der Waals surface area contributed by atoms with E-state index in [2.05, 4.69) is 10.1 Å². The van der Waals surface area contributed by atoms with Crippen LogP contribution in [0.5, 0.6) is 0 Å². The lowest BCUT2D eigenvalue weighted by atomic mass is 10.1. The maximum absolute atomic E-state index is 12.2. The number of likely N-dealkylation sites (tertiary alicyclic amines) is 1. The molecule has 1 aliphatic rings. The fourth-order valence-corrected chi connectivity index (χ4v) is 3.28. The van der Waals surface area contributed by atoms with Crippen LogP contribution in [0.4, 0.5) is 4.79 Å². The van der Waals surface area contributed by atoms with Gasteiger partial charge in [0.15, 0.2) is 5.69 Å². The van der Waals surface area contributed by atoms with Gasteiger partial charge in [-0.1, -0.05) is 0 Å². The molecule has 1 fully saturated rings. The number of carboxylic acid groups (broad SMARTS) is 1. The fraction of sp³-hybridized carbons (Fsp3) is 0.500. The molecule has 28 heavy (non-hydrogen) atoms. The van der Waals surface area contributed by atoms with E-state index in [4.69, 9.17) is 9.84 Å². The van der Waals surface area contributed by atoms with Crippen LogP contribution in [0.2, 0.25) is 0 Å². The van der Waals surface area contributed by atoms with Crippen molar-refractivity contribution in [1.82, 2.24) is 19.7 Å². The van der Waals surface area contributed by atoms with Gasteiger partial charge in [-0.25, -0.2) is 14.6 Å². The number of nitrogens with zero attached hydrogens (tertiary/aromatic N) is 4. The topological polar surface area (TPSA) is 97.5 Å². The molecule has 1 N–H and O–H groups in total. The molecule has 1 amide bonds. The quantitative estimate of drug-likeness (QED) is 0.867. The van der Waals surface area contributed by atoms with Crippen molar-refractivity contribution in [2.45, 2.75) is 52.2 Å². The predicted octanol–water partition coefficient (Wildman–Crippen LogP) is 3.52. The molecular formula is C20H26N4O4. The Kier molecular flexibility index (Phi) is 5.40. The van der Waals surface area contributed by atoms with Crippen LogP contribution < -0.4 is 0 Å². The molecule has 3 heterocycles. The Morgan fingerprint density at radius 3 is 2.43 bits per heavy atom. The van der Waals surface area contributed by atoms with Gasteiger partial charge in [0, 0.05) is 36.6 Å². The van der Waals surface area contributed by atoms with Crippen molar-refractivity contribution >= 4 is 12.1 Å². The van der Waals surface area contributed by atoms with Gasteiger partial charge in [-0.15, -0.1) is 0 Å². The summed E-state index contributed by atoms with van der Waals surface area (Å²) in [7, 11) is 0. The molecule has 0 aliphatic carbocycles. The first-order valence-corrected chi connectivity index (χ1v) is 9.36. The van der Waals surface area contributed by atoms with E-state index in [1.54, 1.807) is 24.2 Å². The molecule has 0 radical (unpaired) electrons. The molecule has 150 valence electrons. The lowest BCUT2D eigenvalue weighted by molar-refractivity contribution is 0.0184. The van der Waals surface area contributed by atoms with Gasteiger partial charge in [0.1, 0.15) is 5.60 Å². The van der Waals surface area contributed by atoms with Crippen LogP contribution >= 0.6 is 0 Å². The van der Waals surface area contributed by atoms with Crippen LogP contribution in [0.3, 0.4) is 0 Å². The summed E-state index contributed by atoms with van der Waals surface area (Å²) in [6, 6.07) is 2.02. The van der Waals surface area contributed by atoms with Crippen molar-refractivity contribution in [2.75, 3.05) is 13.1 Å². The Morgan fingerprint density at radius 1 is 1.18 bits per heavy atom. The largest absolute Gasteiger partial charge is 0.477 e. The van der Waals surface area contributed by atoms with E-state index in [1.165, 1.54) is 0 Å². The molecule has 2 aromatic rings. The van der Waals surface area contributed by atoms with Crippen molar-refractivity contribution in [3.8, 4) is 11.1 Å². The summed E-state index contributed by atoms with van der Waals surface area (Å²) < 4.78 is 7.35. The minimum absolute atomic E-state index is 0.0608. The molecule has 0 bridgehead atoms. The van der Waals surface area contributed by atoms with Gasteiger partial charge in [0.25, 0.3) is 0 Å². The standard InChI is InChI=1S/C20H26N4O4/c1-13-9-14(10-21-17(13)18(25)26)15-11-22-24(12-15)16-5-7-23(8-6-16)19(27)28-20(2,3)4/h9-12,16H,5-8H2,1-4H3,(H,25,26). The molecule has 0 saturated carbocycles. The first kappa shape index (κ1) is 19.9. The van der Waals surface area contributed by atoms with E-state index < -0.39 is 11.6 Å². The average Bonchev–Trinajstić information content (AvgIpc) is 3.10. The summed E-state index contributed by atoms with van der Waals surface area (Å²) in [5, 5.41) is 13.6. The third-order valence-electron chi connectivity index (χ3n) is 4.71. The molecule has 0 atom stereocenters. The fourth-order valence-electron chi connectivity index (χ4n) is 3.28. The smallest absolute Gasteiger partial charge is 0.410 e. The van der Waals surface area contributed by atoms with E-state index >= 15 is 0 Å². The Hall–Kier alpha value is -2.90. The Labute approximate surface area is 164 Å². The lowest BCUT2D eigenvalue weighted by Crippen LogP contribution is -2.42. The van der Waals surface area contributed by atoms with E-state index in [0.29, 0.717) is 18.7 Å². The van der Waals surface area contributed by atoms with E-state index in [-0.39, 0.29) is 17.8 Å². The second-order valence-corrected chi connectivity index (χ2v) is 8.10. The summed E-state index contributed by atoms with van der Waals surface area (Å²) in [5.41, 5.74) is 1.91. The third kappa shape index (κ3) is 4.49. The minimum Gasteiger partial charge on any atom is -0.477 e. The van der Waals surface area contributed by atoms with Crippen molar-refractivity contribution in [1.29, 1.82) is 0 Å². The van der Waals surface area contributed by atoms with E-state index in [9.17, 15) is 9.59 Å². The van der Waals surface area contributed by atoms with Gasteiger partial charge in [-0.3, -0.25) is 4.68 Å². The molecule has 1 saturated heterocycles. The van der Waals surface area contributed by atoms with Gasteiger partial charge < -0.3 is 14.7 Å². The normalized spacial score (nSPS) is 15.5. The molecular weight excluding hydrogens is 360 g/mol. The molecule has 8 nitrogen and oxygen atoms in total. The number of piperidine rings is 1. The second-order valence-electron chi connectivity index (χ2n) is 8.10.